The van der Waals surface area contributed by atoms with Crippen LogP contribution < -0.4 is 10.6 Å². The van der Waals surface area contributed by atoms with E-state index in [-0.39, 0.29) is 11.8 Å². The van der Waals surface area contributed by atoms with E-state index < -0.39 is 0 Å². The van der Waals surface area contributed by atoms with Gasteiger partial charge in [-0.3, -0.25) is 19.6 Å². The molecule has 0 aromatic carbocycles. The molecule has 4 N–H and O–H groups in total. The number of carbonyl (C=O) groups is 2. The molecule has 4 aliphatic rings. The fraction of sp³-hybridized carbons (Fsp3) is 0.333. The number of carbonyl (C=O) groups excluding carboxylic acids is 2. The van der Waals surface area contributed by atoms with Crippen molar-refractivity contribution in [2.45, 2.75) is 53.4 Å². The molecule has 0 unspecified atom stereocenters. The molecule has 0 spiro atoms. The van der Waals surface area contributed by atoms with Gasteiger partial charge >= 0.3 is 0 Å². The van der Waals surface area contributed by atoms with Gasteiger partial charge in [-0.15, -0.1) is 0 Å². The zero-order chi connectivity index (χ0) is 33.4. The van der Waals surface area contributed by atoms with E-state index in [0.717, 1.165) is 103 Å². The molecule has 7 heterocycles. The number of amides is 2. The monoisotopic (exact) mass is 678 g/mol. The molecule has 10 nitrogen and oxygen atoms in total. The van der Waals surface area contributed by atoms with E-state index in [9.17, 15) is 9.59 Å². The van der Waals surface area contributed by atoms with Crippen LogP contribution in [0.1, 0.15) is 72.6 Å². The molecule has 4 aliphatic heterocycles. The highest BCUT2D eigenvalue weighted by atomic mass is 32.2. The summed E-state index contributed by atoms with van der Waals surface area (Å²) in [5.74, 6) is 1.68. The number of nitrogens with zero attached hydrogens (tertiary/aromatic N) is 4. The molecular weight excluding hydrogens is 641 g/mol. The Kier molecular flexibility index (Phi) is 9.11. The van der Waals surface area contributed by atoms with Crippen LogP contribution in [0.5, 0.6) is 0 Å². The van der Waals surface area contributed by atoms with Gasteiger partial charge in [0.1, 0.15) is 0 Å². The van der Waals surface area contributed by atoms with E-state index in [4.69, 9.17) is 9.97 Å². The molecule has 0 fully saturated rings. The van der Waals surface area contributed by atoms with Gasteiger partial charge in [-0.25, -0.2) is 9.97 Å². The number of hydrogen-bond acceptors (Lipinski definition) is 8. The number of thioether (sulfide) groups is 2. The minimum Gasteiger partial charge on any atom is -0.355 e. The van der Waals surface area contributed by atoms with Gasteiger partial charge in [0.05, 0.1) is 35.9 Å². The van der Waals surface area contributed by atoms with Gasteiger partial charge in [-0.2, -0.15) is 0 Å². The summed E-state index contributed by atoms with van der Waals surface area (Å²) < 4.78 is 0. The molecule has 2 amide bonds. The third-order valence-electron chi connectivity index (χ3n) is 8.95. The Morgan fingerprint density at radius 1 is 0.750 bits per heavy atom. The summed E-state index contributed by atoms with van der Waals surface area (Å²) >= 11 is 3.15. The van der Waals surface area contributed by atoms with Crippen LogP contribution in [0.2, 0.25) is 0 Å². The first-order valence-corrected chi connectivity index (χ1v) is 18.2. The third kappa shape index (κ3) is 6.91. The molecule has 48 heavy (non-hydrogen) atoms. The summed E-state index contributed by atoms with van der Waals surface area (Å²) in [5.41, 5.74) is 13.6. The van der Waals surface area contributed by atoms with Crippen molar-refractivity contribution in [3.8, 4) is 0 Å². The van der Waals surface area contributed by atoms with Crippen molar-refractivity contribution in [1.82, 2.24) is 30.6 Å². The predicted molar refractivity (Wildman–Crippen MR) is 200 cm³/mol. The van der Waals surface area contributed by atoms with Crippen molar-refractivity contribution < 1.29 is 9.59 Å². The number of aromatic nitrogens is 4. The van der Waals surface area contributed by atoms with Gasteiger partial charge in [-0.05, 0) is 110 Å². The Balaban J connectivity index is 1.35. The summed E-state index contributed by atoms with van der Waals surface area (Å²) in [4.78, 5) is 51.9. The lowest BCUT2D eigenvalue weighted by atomic mass is 10.00. The van der Waals surface area contributed by atoms with Gasteiger partial charge in [0.15, 0.2) is 10.3 Å². The Bertz CT molecular complexity index is 2140. The van der Waals surface area contributed by atoms with Crippen LogP contribution in [0.4, 0.5) is 0 Å². The highest BCUT2D eigenvalue weighted by molar-refractivity contribution is 8.14. The molecule has 3 aromatic heterocycles. The topological polar surface area (TPSA) is 140 Å². The standard InChI is InChI=1S/C36H38N8O2S2/c1-19-13-24-16-29-21(3)25(5-7-33(45)43-35-37-9-11-47-35)31(41-29)18-32-26(6-8-34(46)44-36-38-10-12-48-36)22(4)30(42-32)17-28-20(2)14-23(40-28)15-27(19)39-24/h13-18,39,41H,5-12H2,1-4H3,(H,37,43,45)(H,38,44,46). The molecule has 7 rings (SSSR count). The molecule has 0 saturated heterocycles. The van der Waals surface area contributed by atoms with E-state index in [2.05, 4.69) is 88.6 Å². The smallest absolute Gasteiger partial charge is 0.226 e. The van der Waals surface area contributed by atoms with E-state index >= 15 is 0 Å². The van der Waals surface area contributed by atoms with Gasteiger partial charge in [0.2, 0.25) is 11.8 Å². The number of aromatic amines is 2. The maximum atomic E-state index is 12.9. The van der Waals surface area contributed by atoms with E-state index in [0.29, 0.717) is 36.0 Å². The second-order valence-electron chi connectivity index (χ2n) is 12.4. The first-order chi connectivity index (χ1) is 23.2. The molecule has 8 bridgehead atoms. The number of amidine groups is 2. The first-order valence-electron chi connectivity index (χ1n) is 16.2. The van der Waals surface area contributed by atoms with E-state index in [1.807, 2.05) is 6.07 Å². The fourth-order valence-electron chi connectivity index (χ4n) is 6.31. The lowest BCUT2D eigenvalue weighted by Crippen LogP contribution is -2.27. The van der Waals surface area contributed by atoms with Crippen molar-refractivity contribution in [3.63, 3.8) is 0 Å². The second-order valence-corrected chi connectivity index (χ2v) is 14.5. The zero-order valence-corrected chi connectivity index (χ0v) is 29.2. The number of rotatable bonds is 6. The van der Waals surface area contributed by atoms with Gasteiger partial charge in [0.25, 0.3) is 0 Å². The number of H-pyrrole nitrogens is 2. The van der Waals surface area contributed by atoms with Crippen LogP contribution in [-0.4, -0.2) is 66.7 Å². The Labute approximate surface area is 287 Å². The van der Waals surface area contributed by atoms with Crippen LogP contribution in [-0.2, 0) is 16.0 Å². The summed E-state index contributed by atoms with van der Waals surface area (Å²) in [6, 6.07) is 10.4. The summed E-state index contributed by atoms with van der Waals surface area (Å²) in [7, 11) is 0. The Hall–Kier alpha value is -4.42. The third-order valence-corrected chi connectivity index (χ3v) is 10.7. The lowest BCUT2D eigenvalue weighted by Gasteiger charge is -2.07. The number of allylic oxidation sites excluding steroid dienone is 3. The normalized spacial score (nSPS) is 15.8. The Morgan fingerprint density at radius 3 is 2.15 bits per heavy atom. The molecule has 0 atom stereocenters. The minimum absolute atomic E-state index is 0.0496. The molecule has 12 heteroatoms. The summed E-state index contributed by atoms with van der Waals surface area (Å²) in [5, 5.41) is 7.32. The quantitative estimate of drug-likeness (QED) is 0.233. The number of fused-ring (bicyclic) bond motifs is 8. The largest absolute Gasteiger partial charge is 0.355 e. The van der Waals surface area contributed by atoms with Gasteiger partial charge < -0.3 is 20.6 Å². The molecule has 0 radical (unpaired) electrons. The van der Waals surface area contributed by atoms with Crippen molar-refractivity contribution in [1.29, 1.82) is 0 Å². The average molecular weight is 679 g/mol. The fourth-order valence-corrected chi connectivity index (χ4v) is 7.80. The predicted octanol–water partition coefficient (Wildman–Crippen LogP) is 6.57. The minimum atomic E-state index is -0.0582. The molecule has 0 saturated carbocycles. The maximum Gasteiger partial charge on any atom is 0.226 e. The molecule has 3 aromatic rings. The summed E-state index contributed by atoms with van der Waals surface area (Å²) in [6.07, 6.45) is 3.80. The molecule has 246 valence electrons. The second kappa shape index (κ2) is 13.6. The van der Waals surface area contributed by atoms with Crippen molar-refractivity contribution in [2.75, 3.05) is 24.6 Å². The number of hydrogen-bond donors (Lipinski definition) is 4. The highest BCUT2D eigenvalue weighted by Crippen LogP contribution is 2.35. The Morgan fingerprint density at radius 2 is 1.46 bits per heavy atom. The molecular formula is C36H38N8O2S2. The van der Waals surface area contributed by atoms with E-state index in [1.165, 1.54) is 0 Å². The average Bonchev–Trinajstić information content (AvgIpc) is 3.90. The number of nitrogens with one attached hydrogen (secondary N) is 4. The lowest BCUT2D eigenvalue weighted by molar-refractivity contribution is -0.120. The van der Waals surface area contributed by atoms with Crippen molar-refractivity contribution >= 4 is 90.5 Å². The van der Waals surface area contributed by atoms with Crippen LogP contribution in [0.15, 0.2) is 40.3 Å². The van der Waals surface area contributed by atoms with Crippen LogP contribution in [0, 0.1) is 13.8 Å². The van der Waals surface area contributed by atoms with Gasteiger partial charge in [-0.1, -0.05) is 23.5 Å². The van der Waals surface area contributed by atoms with Gasteiger partial charge in [0, 0.05) is 46.4 Å². The van der Waals surface area contributed by atoms with Crippen LogP contribution in [0.3, 0.4) is 0 Å². The van der Waals surface area contributed by atoms with Crippen molar-refractivity contribution in [3.05, 3.63) is 69.8 Å². The number of aliphatic imine (C=N–C) groups is 2. The zero-order valence-electron chi connectivity index (χ0n) is 27.5. The SMILES string of the molecule is CC1=Cc2cc3[nH]c(cc3C)cc3[nH]c(cc4nc(cc1n2)C(C)=C4CCC(=O)NC1=NCCS1)c(CCC(=O)NC1=NCCS1)c3C. The molecule has 0 aliphatic carbocycles. The summed E-state index contributed by atoms with van der Waals surface area (Å²) in [6.45, 7) is 9.78. The highest BCUT2D eigenvalue weighted by Gasteiger charge is 2.21. The first kappa shape index (κ1) is 32.1. The van der Waals surface area contributed by atoms with Crippen LogP contribution in [0.25, 0.3) is 44.9 Å². The maximum absolute atomic E-state index is 12.9. The van der Waals surface area contributed by atoms with E-state index in [1.54, 1.807) is 23.5 Å². The number of aryl methyl sites for hydroxylation is 3. The van der Waals surface area contributed by atoms with Crippen LogP contribution >= 0.6 is 23.5 Å². The van der Waals surface area contributed by atoms with Crippen molar-refractivity contribution in [2.24, 2.45) is 9.98 Å².